The third kappa shape index (κ3) is 3.84. The highest BCUT2D eigenvalue weighted by Crippen LogP contribution is 2.40. The van der Waals surface area contributed by atoms with E-state index < -0.39 is 6.09 Å². The van der Waals surface area contributed by atoms with Crippen LogP contribution >= 0.6 is 11.8 Å². The third-order valence-corrected chi connectivity index (χ3v) is 8.20. The number of rotatable bonds is 6. The first-order valence-corrected chi connectivity index (χ1v) is 13.0. The molecule has 1 aromatic heterocycles. The molecule has 2 aromatic carbocycles. The third-order valence-electron chi connectivity index (χ3n) is 7.13. The first-order valence-electron chi connectivity index (χ1n) is 12.0. The van der Waals surface area contributed by atoms with Crippen molar-refractivity contribution < 1.29 is 18.7 Å². The van der Waals surface area contributed by atoms with Gasteiger partial charge in [0, 0.05) is 22.2 Å². The molecule has 0 aliphatic carbocycles. The molecule has 3 aliphatic rings. The van der Waals surface area contributed by atoms with Gasteiger partial charge in [0.15, 0.2) is 0 Å². The number of anilines is 2. The maximum Gasteiger partial charge on any atom is 0.414 e. The van der Waals surface area contributed by atoms with E-state index >= 15 is 0 Å². The van der Waals surface area contributed by atoms with E-state index in [1.807, 2.05) is 19.1 Å². The van der Waals surface area contributed by atoms with Crippen LogP contribution in [0.2, 0.25) is 0 Å². The monoisotopic (exact) mass is 508 g/mol. The van der Waals surface area contributed by atoms with E-state index in [4.69, 9.17) is 4.74 Å². The molecule has 0 spiro atoms. The zero-order valence-corrected chi connectivity index (χ0v) is 20.4. The van der Waals surface area contributed by atoms with Gasteiger partial charge in [0.2, 0.25) is 5.91 Å². The summed E-state index contributed by atoms with van der Waals surface area (Å²) in [4.78, 5) is 39.3. The lowest BCUT2D eigenvalue weighted by Gasteiger charge is -2.20. The summed E-state index contributed by atoms with van der Waals surface area (Å²) in [5.41, 5.74) is 2.46. The number of pyridine rings is 1. The number of carbonyl (C=O) groups is 2. The molecule has 3 atom stereocenters. The maximum atomic E-state index is 14.8. The largest absolute Gasteiger partial charge is 0.444 e. The Morgan fingerprint density at radius 1 is 1.17 bits per heavy atom. The van der Waals surface area contributed by atoms with Crippen molar-refractivity contribution >= 4 is 46.0 Å². The molecule has 0 radical (unpaired) electrons. The second-order valence-electron chi connectivity index (χ2n) is 9.39. The van der Waals surface area contributed by atoms with Gasteiger partial charge in [-0.3, -0.25) is 14.5 Å². The van der Waals surface area contributed by atoms with Gasteiger partial charge >= 0.3 is 6.09 Å². The van der Waals surface area contributed by atoms with Gasteiger partial charge in [-0.15, -0.1) is 11.8 Å². The van der Waals surface area contributed by atoms with Crippen LogP contribution in [0, 0.1) is 5.82 Å². The molecule has 3 aromatic rings. The maximum absolute atomic E-state index is 14.8. The van der Waals surface area contributed by atoms with Crippen LogP contribution in [-0.2, 0) is 9.53 Å². The molecule has 8 nitrogen and oxygen atoms in total. The van der Waals surface area contributed by atoms with Gasteiger partial charge in [-0.1, -0.05) is 0 Å². The van der Waals surface area contributed by atoms with E-state index in [2.05, 4.69) is 10.6 Å². The Hall–Kier alpha value is -3.37. The number of cyclic esters (lactones) is 1. The SMILES string of the molecule is C[C@@H]1[C@@H](NCCC[C@@H]2CN(c3ccc4c(c3)NC(=O)CS4)C(=O)O2)c2c(F)ccc3ccc(=O)n1c23. The molecule has 36 heavy (non-hydrogen) atoms. The number of thioether (sulfide) groups is 1. The molecule has 2 amide bonds. The highest BCUT2D eigenvalue weighted by Gasteiger charge is 2.35. The first kappa shape index (κ1) is 23.1. The normalized spacial score (nSPS) is 22.6. The topological polar surface area (TPSA) is 92.7 Å². The van der Waals surface area contributed by atoms with Crippen molar-refractivity contribution in [2.24, 2.45) is 0 Å². The van der Waals surface area contributed by atoms with E-state index in [-0.39, 0.29) is 35.5 Å². The molecule has 1 fully saturated rings. The molecule has 6 rings (SSSR count). The lowest BCUT2D eigenvalue weighted by molar-refractivity contribution is -0.113. The number of nitrogens with zero attached hydrogens (tertiary/aromatic N) is 2. The fourth-order valence-corrected chi connectivity index (χ4v) is 6.22. The number of carbonyl (C=O) groups excluding carboxylic acids is 2. The first-order chi connectivity index (χ1) is 17.4. The molecule has 10 heteroatoms. The Bertz CT molecular complexity index is 1460. The lowest BCUT2D eigenvalue weighted by atomic mass is 10.0. The van der Waals surface area contributed by atoms with Gasteiger partial charge in [0.1, 0.15) is 11.9 Å². The van der Waals surface area contributed by atoms with Gasteiger partial charge in [-0.2, -0.15) is 0 Å². The minimum atomic E-state index is -0.407. The zero-order valence-electron chi connectivity index (χ0n) is 19.6. The van der Waals surface area contributed by atoms with E-state index in [0.717, 1.165) is 10.3 Å². The van der Waals surface area contributed by atoms with Crippen LogP contribution in [0.15, 0.2) is 52.2 Å². The van der Waals surface area contributed by atoms with Crippen molar-refractivity contribution in [3.8, 4) is 0 Å². The summed E-state index contributed by atoms with van der Waals surface area (Å²) >= 11 is 1.47. The number of aromatic nitrogens is 1. The summed E-state index contributed by atoms with van der Waals surface area (Å²) in [6, 6.07) is 11.5. The number of nitrogens with one attached hydrogen (secondary N) is 2. The van der Waals surface area contributed by atoms with Crippen LogP contribution < -0.4 is 21.1 Å². The van der Waals surface area contributed by atoms with Gasteiger partial charge in [-0.25, -0.2) is 9.18 Å². The molecule has 0 bridgehead atoms. The van der Waals surface area contributed by atoms with Crippen molar-refractivity contribution in [2.75, 3.05) is 29.1 Å². The van der Waals surface area contributed by atoms with Gasteiger partial charge in [0.25, 0.3) is 5.56 Å². The van der Waals surface area contributed by atoms with E-state index in [9.17, 15) is 18.8 Å². The average Bonchev–Trinajstić information content (AvgIpc) is 3.38. The highest BCUT2D eigenvalue weighted by atomic mass is 32.2. The lowest BCUT2D eigenvalue weighted by Crippen LogP contribution is -2.30. The van der Waals surface area contributed by atoms with Crippen molar-refractivity contribution in [1.82, 2.24) is 9.88 Å². The standard InChI is InChI=1S/C26H25FN4O4S/c1-14-24(23-18(27)7-4-15-5-9-22(33)31(14)25(15)23)28-10-2-3-17-12-30(26(34)35-17)16-6-8-20-19(11-16)29-21(32)13-36-20/h4-9,11,14,17,24,28H,2-3,10,12-13H2,1H3,(H,29,32)/t14-,17-,24-/m1/s1. The second-order valence-corrected chi connectivity index (χ2v) is 10.4. The summed E-state index contributed by atoms with van der Waals surface area (Å²) in [6.45, 7) is 2.94. The van der Waals surface area contributed by atoms with Crippen molar-refractivity contribution in [1.29, 1.82) is 0 Å². The number of hydrogen-bond donors (Lipinski definition) is 2. The predicted molar refractivity (Wildman–Crippen MR) is 136 cm³/mol. The highest BCUT2D eigenvalue weighted by molar-refractivity contribution is 8.00. The van der Waals surface area contributed by atoms with Gasteiger partial charge in [-0.05, 0) is 68.1 Å². The van der Waals surface area contributed by atoms with Gasteiger partial charge < -0.3 is 19.9 Å². The quantitative estimate of drug-likeness (QED) is 0.485. The molecule has 3 aliphatic heterocycles. The Morgan fingerprint density at radius 3 is 2.86 bits per heavy atom. The van der Waals surface area contributed by atoms with Crippen LogP contribution in [0.25, 0.3) is 10.9 Å². The fraction of sp³-hybridized carbons (Fsp3) is 0.346. The van der Waals surface area contributed by atoms with Crippen LogP contribution in [0.5, 0.6) is 0 Å². The van der Waals surface area contributed by atoms with Crippen molar-refractivity contribution in [3.05, 3.63) is 64.2 Å². The minimum Gasteiger partial charge on any atom is -0.444 e. The van der Waals surface area contributed by atoms with Crippen LogP contribution in [0.1, 0.15) is 37.4 Å². The number of ether oxygens (including phenoxy) is 1. The molecular formula is C26H25FN4O4S. The second kappa shape index (κ2) is 8.94. The smallest absolute Gasteiger partial charge is 0.414 e. The molecule has 2 N–H and O–H groups in total. The van der Waals surface area contributed by atoms with E-state index in [1.165, 1.54) is 23.9 Å². The Labute approximate surface area is 210 Å². The molecular weight excluding hydrogens is 483 g/mol. The molecule has 0 unspecified atom stereocenters. The molecule has 0 saturated carbocycles. The summed E-state index contributed by atoms with van der Waals surface area (Å²) in [5.74, 6) is 0.0155. The number of amides is 2. The predicted octanol–water partition coefficient (Wildman–Crippen LogP) is 4.20. The summed E-state index contributed by atoms with van der Waals surface area (Å²) in [7, 11) is 0. The average molecular weight is 509 g/mol. The number of hydrogen-bond acceptors (Lipinski definition) is 6. The molecule has 1 saturated heterocycles. The fourth-order valence-electron chi connectivity index (χ4n) is 5.43. The van der Waals surface area contributed by atoms with E-state index in [1.54, 1.807) is 27.7 Å². The van der Waals surface area contributed by atoms with Crippen molar-refractivity contribution in [3.63, 3.8) is 0 Å². The summed E-state index contributed by atoms with van der Waals surface area (Å²) in [6.07, 6.45) is 0.693. The zero-order chi connectivity index (χ0) is 25.0. The van der Waals surface area contributed by atoms with Crippen molar-refractivity contribution in [2.45, 2.75) is 42.8 Å². The summed E-state index contributed by atoms with van der Waals surface area (Å²) < 4.78 is 22.0. The number of benzene rings is 2. The molecule has 4 heterocycles. The number of fused-ring (bicyclic) bond motifs is 1. The Morgan fingerprint density at radius 2 is 2.00 bits per heavy atom. The van der Waals surface area contributed by atoms with Crippen LogP contribution in [0.4, 0.5) is 20.6 Å². The minimum absolute atomic E-state index is 0.0558. The van der Waals surface area contributed by atoms with E-state index in [0.29, 0.717) is 54.1 Å². The Kier molecular flexibility index (Phi) is 5.72. The van der Waals surface area contributed by atoms with Crippen LogP contribution in [-0.4, -0.2) is 41.5 Å². The Balaban J connectivity index is 1.08. The van der Waals surface area contributed by atoms with Crippen LogP contribution in [0.3, 0.4) is 0 Å². The number of halogens is 1. The van der Waals surface area contributed by atoms with Gasteiger partial charge in [0.05, 0.1) is 35.6 Å². The molecule has 186 valence electrons. The summed E-state index contributed by atoms with van der Waals surface area (Å²) in [5, 5.41) is 7.12.